The first-order valence-electron chi connectivity index (χ1n) is 6.80. The van der Waals surface area contributed by atoms with E-state index in [-0.39, 0.29) is 5.56 Å². The zero-order chi connectivity index (χ0) is 16.4. The Hall–Kier alpha value is -1.98. The summed E-state index contributed by atoms with van der Waals surface area (Å²) in [6.07, 6.45) is 3.72. The molecule has 23 heavy (non-hydrogen) atoms. The molecule has 3 rings (SSSR count). The third kappa shape index (κ3) is 3.68. The first-order chi connectivity index (χ1) is 11.0. The van der Waals surface area contributed by atoms with Gasteiger partial charge in [-0.05, 0) is 48.0 Å². The minimum atomic E-state index is -0.965. The highest BCUT2D eigenvalue weighted by Gasteiger charge is 2.11. The molecule has 114 valence electrons. The number of nitrogens with zero attached hydrogens (tertiary/aromatic N) is 1. The molecule has 0 fully saturated rings. The van der Waals surface area contributed by atoms with Crippen molar-refractivity contribution in [2.24, 2.45) is 0 Å². The number of aromatic carboxylic acids is 1. The maximum atomic E-state index is 11.5. The number of pyridine rings is 1. The van der Waals surface area contributed by atoms with Gasteiger partial charge in [-0.2, -0.15) is 0 Å². The van der Waals surface area contributed by atoms with Crippen LogP contribution < -0.4 is 0 Å². The highest BCUT2D eigenvalue weighted by Crippen LogP contribution is 2.24. The van der Waals surface area contributed by atoms with Gasteiger partial charge in [0.2, 0.25) is 0 Å². The van der Waals surface area contributed by atoms with Gasteiger partial charge >= 0.3 is 5.97 Å². The fourth-order valence-electron chi connectivity index (χ4n) is 2.27. The molecular formula is C18H11Br2NO2. The maximum absolute atomic E-state index is 11.5. The maximum Gasteiger partial charge on any atom is 0.336 e. The van der Waals surface area contributed by atoms with Crippen molar-refractivity contribution in [2.75, 3.05) is 0 Å². The number of benzene rings is 2. The van der Waals surface area contributed by atoms with Crippen LogP contribution in [0.1, 0.15) is 21.6 Å². The first kappa shape index (κ1) is 15.9. The molecule has 0 radical (unpaired) electrons. The van der Waals surface area contributed by atoms with Crippen LogP contribution in [-0.2, 0) is 0 Å². The molecule has 2 aromatic carbocycles. The quantitative estimate of drug-likeness (QED) is 0.583. The fourth-order valence-corrected chi connectivity index (χ4v) is 3.05. The summed E-state index contributed by atoms with van der Waals surface area (Å²) in [6, 6.07) is 14.9. The lowest BCUT2D eigenvalue weighted by atomic mass is 10.1. The molecular weight excluding hydrogens is 422 g/mol. The van der Waals surface area contributed by atoms with Gasteiger partial charge in [-0.3, -0.25) is 0 Å². The van der Waals surface area contributed by atoms with Crippen LogP contribution in [0.4, 0.5) is 0 Å². The summed E-state index contributed by atoms with van der Waals surface area (Å²) in [5, 5.41) is 10.1. The molecule has 0 saturated heterocycles. The molecule has 0 saturated carbocycles. The molecule has 0 amide bonds. The van der Waals surface area contributed by atoms with Gasteiger partial charge in [0.25, 0.3) is 0 Å². The Kier molecular flexibility index (Phi) is 4.59. The normalized spacial score (nSPS) is 11.2. The number of halogens is 2. The van der Waals surface area contributed by atoms with Gasteiger partial charge in [0.15, 0.2) is 0 Å². The van der Waals surface area contributed by atoms with Crippen LogP contribution in [0.25, 0.3) is 23.1 Å². The molecule has 0 aliphatic heterocycles. The molecule has 0 unspecified atom stereocenters. The summed E-state index contributed by atoms with van der Waals surface area (Å²) in [6.45, 7) is 0. The van der Waals surface area contributed by atoms with Crippen molar-refractivity contribution < 1.29 is 9.90 Å². The van der Waals surface area contributed by atoms with Crippen LogP contribution in [0.5, 0.6) is 0 Å². The predicted octanol–water partition coefficient (Wildman–Crippen LogP) is 5.63. The molecule has 1 N–H and O–H groups in total. The molecule has 0 bridgehead atoms. The van der Waals surface area contributed by atoms with Gasteiger partial charge in [-0.25, -0.2) is 9.78 Å². The number of hydrogen-bond donors (Lipinski definition) is 1. The third-order valence-corrected chi connectivity index (χ3v) is 4.30. The lowest BCUT2D eigenvalue weighted by molar-refractivity contribution is 0.0699. The van der Waals surface area contributed by atoms with E-state index < -0.39 is 5.97 Å². The lowest BCUT2D eigenvalue weighted by Crippen LogP contribution is -2.00. The van der Waals surface area contributed by atoms with Crippen molar-refractivity contribution in [3.8, 4) is 0 Å². The van der Waals surface area contributed by atoms with Crippen LogP contribution >= 0.6 is 31.9 Å². The van der Waals surface area contributed by atoms with E-state index in [0.717, 1.165) is 14.5 Å². The van der Waals surface area contributed by atoms with Gasteiger partial charge < -0.3 is 5.11 Å². The average molecular weight is 433 g/mol. The Morgan fingerprint density at radius 1 is 1.00 bits per heavy atom. The lowest BCUT2D eigenvalue weighted by Gasteiger charge is -2.05. The van der Waals surface area contributed by atoms with E-state index in [1.165, 1.54) is 0 Å². The van der Waals surface area contributed by atoms with Crippen LogP contribution in [0.3, 0.4) is 0 Å². The number of hydrogen-bond acceptors (Lipinski definition) is 2. The summed E-state index contributed by atoms with van der Waals surface area (Å²) in [7, 11) is 0. The number of aromatic nitrogens is 1. The van der Waals surface area contributed by atoms with Crippen LogP contribution in [0.15, 0.2) is 57.5 Å². The Balaban J connectivity index is 2.08. The van der Waals surface area contributed by atoms with E-state index in [2.05, 4.69) is 36.8 Å². The average Bonchev–Trinajstić information content (AvgIpc) is 2.52. The number of fused-ring (bicyclic) bond motifs is 1. The first-order valence-corrected chi connectivity index (χ1v) is 8.39. The Morgan fingerprint density at radius 3 is 2.52 bits per heavy atom. The van der Waals surface area contributed by atoms with Crippen molar-refractivity contribution in [2.45, 2.75) is 0 Å². The van der Waals surface area contributed by atoms with Crippen LogP contribution in [-0.4, -0.2) is 16.1 Å². The van der Waals surface area contributed by atoms with E-state index in [1.807, 2.05) is 48.6 Å². The monoisotopic (exact) mass is 431 g/mol. The number of carbonyl (C=O) groups is 1. The van der Waals surface area contributed by atoms with Gasteiger partial charge in [-0.1, -0.05) is 50.1 Å². The molecule has 0 aliphatic carbocycles. The summed E-state index contributed by atoms with van der Waals surface area (Å²) in [5.74, 6) is -0.965. The van der Waals surface area contributed by atoms with Crippen molar-refractivity contribution in [3.05, 3.63) is 74.3 Å². The summed E-state index contributed by atoms with van der Waals surface area (Å²) < 4.78 is 1.81. The minimum Gasteiger partial charge on any atom is -0.478 e. The van der Waals surface area contributed by atoms with E-state index in [1.54, 1.807) is 12.1 Å². The van der Waals surface area contributed by atoms with Crippen LogP contribution in [0.2, 0.25) is 0 Å². The van der Waals surface area contributed by atoms with E-state index in [9.17, 15) is 9.90 Å². The van der Waals surface area contributed by atoms with Crippen molar-refractivity contribution in [1.82, 2.24) is 4.98 Å². The van der Waals surface area contributed by atoms with E-state index >= 15 is 0 Å². The second kappa shape index (κ2) is 6.64. The Bertz CT molecular complexity index is 935. The molecule has 0 aliphatic rings. The van der Waals surface area contributed by atoms with E-state index in [0.29, 0.717) is 16.6 Å². The second-order valence-corrected chi connectivity index (χ2v) is 6.78. The zero-order valence-electron chi connectivity index (χ0n) is 11.8. The summed E-state index contributed by atoms with van der Waals surface area (Å²) in [4.78, 5) is 16.0. The standard InChI is InChI=1S/C18H11Br2NO2/c19-12-3-1-2-11(8-12)4-6-14-10-16(18(22)23)15-9-13(20)5-7-17(15)21-14/h1-10H,(H,22,23)/b6-4+. The number of rotatable bonds is 3. The molecule has 0 atom stereocenters. The topological polar surface area (TPSA) is 50.2 Å². The smallest absolute Gasteiger partial charge is 0.336 e. The van der Waals surface area contributed by atoms with Crippen LogP contribution in [0, 0.1) is 0 Å². The van der Waals surface area contributed by atoms with Gasteiger partial charge in [0.05, 0.1) is 16.8 Å². The second-order valence-electron chi connectivity index (χ2n) is 4.95. The highest BCUT2D eigenvalue weighted by molar-refractivity contribution is 9.10. The minimum absolute atomic E-state index is 0.241. The largest absolute Gasteiger partial charge is 0.478 e. The molecule has 1 aromatic heterocycles. The van der Waals surface area contributed by atoms with Gasteiger partial charge in [0, 0.05) is 14.3 Å². The molecule has 1 heterocycles. The fraction of sp³-hybridized carbons (Fsp3) is 0. The predicted molar refractivity (Wildman–Crippen MR) is 99.5 cm³/mol. The third-order valence-electron chi connectivity index (χ3n) is 3.32. The molecule has 3 nitrogen and oxygen atoms in total. The number of carboxylic acids is 1. The van der Waals surface area contributed by atoms with E-state index in [4.69, 9.17) is 0 Å². The molecule has 5 heteroatoms. The SMILES string of the molecule is O=C(O)c1cc(/C=C/c2cccc(Br)c2)nc2ccc(Br)cc12. The molecule has 0 spiro atoms. The summed E-state index contributed by atoms with van der Waals surface area (Å²) in [5.41, 5.74) is 2.51. The number of carboxylic acid groups (broad SMARTS) is 1. The van der Waals surface area contributed by atoms with Crippen molar-refractivity contribution in [3.63, 3.8) is 0 Å². The Morgan fingerprint density at radius 2 is 1.78 bits per heavy atom. The van der Waals surface area contributed by atoms with Crippen molar-refractivity contribution >= 4 is 60.9 Å². The Labute approximate surface area is 149 Å². The van der Waals surface area contributed by atoms with Gasteiger partial charge in [-0.15, -0.1) is 0 Å². The zero-order valence-corrected chi connectivity index (χ0v) is 15.0. The summed E-state index contributed by atoms with van der Waals surface area (Å²) >= 11 is 6.79. The highest BCUT2D eigenvalue weighted by atomic mass is 79.9. The van der Waals surface area contributed by atoms with Gasteiger partial charge in [0.1, 0.15) is 0 Å². The molecule has 3 aromatic rings. The van der Waals surface area contributed by atoms with Crippen molar-refractivity contribution in [1.29, 1.82) is 0 Å².